The number of unbranched alkanes of at least 4 members (excludes halogenated alkanes) is 85. The van der Waals surface area contributed by atoms with Crippen LogP contribution in [-0.4, -0.2) is 215 Å². The predicted octanol–water partition coefficient (Wildman–Crippen LogP) is 35.8. The number of hydrogen-bond acceptors (Lipinski definition) is 17. The van der Waals surface area contributed by atoms with E-state index in [1.165, 1.54) is 527 Å². The zero-order chi connectivity index (χ0) is 108. The standard InChI is InChI=1S/C80H160N4O8.C52H107N3O2/c1-6-11-16-21-26-31-36-38-40-45-50-55-62-82(71-76(85)69-81-70-78(87)90-66-59-52-47-42-33-28-23-18-13-8-3)64-57-58-65-83(63-56-51-46-41-39-37-32-27-22-17-12-7-2)72-77(86)73-84(74-79(88)91-67-60-53-48-43-34-29-24-19-14-9-4)75-80(89)92-68-61-54-49-44-35-30-25-20-15-10-5;1-4-7-10-13-16-19-22-25-26-29-32-35-38-43-51(56)48-54-49-52(57)50-55(46-41-37-34-31-28-24-21-18-15-12-9-6-3)47-42-40-45-53-44-39-36-33-30-27-23-20-17-14-11-8-5-2/h76-77,81,85-86H,6-75H2,1-5H3;52-54,57H,4-50H2,1-3H3. The first-order valence-electron chi connectivity index (χ1n) is 67.4. The van der Waals surface area contributed by atoms with Crippen LogP contribution in [0, 0.1) is 0 Å². The van der Waals surface area contributed by atoms with Crippen LogP contribution in [0.15, 0.2) is 0 Å². The zero-order valence-electron chi connectivity index (χ0n) is 102. The number of nitrogens with zero attached hydrogens (tertiary/aromatic N) is 4. The summed E-state index contributed by atoms with van der Waals surface area (Å²) in [4.78, 5) is 61.0. The molecule has 0 aliphatic carbocycles. The minimum atomic E-state index is -0.765. The van der Waals surface area contributed by atoms with Crippen LogP contribution in [0.5, 0.6) is 0 Å². The smallest absolute Gasteiger partial charge is 0.320 e. The molecule has 0 aromatic carbocycles. The molecule has 890 valence electrons. The van der Waals surface area contributed by atoms with Gasteiger partial charge in [0.25, 0.3) is 0 Å². The maximum Gasteiger partial charge on any atom is 0.320 e. The fraction of sp³-hybridized carbons (Fsp3) is 0.970. The molecule has 0 aliphatic rings. The number of aliphatic hydroxyl groups is 3. The first kappa shape index (κ1) is 149. The number of esters is 3. The van der Waals surface area contributed by atoms with Gasteiger partial charge in [-0.15, -0.1) is 0 Å². The van der Waals surface area contributed by atoms with Gasteiger partial charge in [-0.25, -0.2) is 0 Å². The molecule has 3 unspecified atom stereocenters. The number of rotatable bonds is 129. The van der Waals surface area contributed by atoms with Crippen molar-refractivity contribution >= 4 is 23.7 Å². The third-order valence-corrected chi connectivity index (χ3v) is 31.2. The highest BCUT2D eigenvalue weighted by Crippen LogP contribution is 2.23. The maximum absolute atomic E-state index is 13.4. The van der Waals surface area contributed by atoms with E-state index < -0.39 is 18.3 Å². The molecule has 17 heteroatoms. The summed E-state index contributed by atoms with van der Waals surface area (Å²) in [5.74, 6) is -0.651. The van der Waals surface area contributed by atoms with Crippen molar-refractivity contribution in [2.75, 3.05) is 138 Å². The molecule has 0 aliphatic heterocycles. The first-order chi connectivity index (χ1) is 73.3. The van der Waals surface area contributed by atoms with Crippen LogP contribution in [0.4, 0.5) is 0 Å². The van der Waals surface area contributed by atoms with Crippen molar-refractivity contribution in [2.45, 2.75) is 690 Å². The van der Waals surface area contributed by atoms with Crippen LogP contribution >= 0.6 is 0 Å². The van der Waals surface area contributed by atoms with Crippen molar-refractivity contribution in [3.05, 3.63) is 0 Å². The van der Waals surface area contributed by atoms with Gasteiger partial charge >= 0.3 is 17.9 Å². The number of carbonyl (C=O) groups excluding carboxylic acids is 4. The summed E-state index contributed by atoms with van der Waals surface area (Å²) in [7, 11) is 0. The molecule has 0 saturated heterocycles. The van der Waals surface area contributed by atoms with Gasteiger partial charge in [0, 0.05) is 45.7 Å². The van der Waals surface area contributed by atoms with E-state index in [4.69, 9.17) is 14.2 Å². The highest BCUT2D eigenvalue weighted by molar-refractivity contribution is 5.80. The Hall–Kier alpha value is -2.32. The minimum absolute atomic E-state index is 0.0547. The molecule has 3 atom stereocenters. The van der Waals surface area contributed by atoms with E-state index in [-0.39, 0.29) is 44.1 Å². The van der Waals surface area contributed by atoms with E-state index in [2.05, 4.69) is 86.0 Å². The summed E-state index contributed by atoms with van der Waals surface area (Å²) >= 11 is 0. The fourth-order valence-corrected chi connectivity index (χ4v) is 21.4. The zero-order valence-corrected chi connectivity index (χ0v) is 102. The minimum Gasteiger partial charge on any atom is -0.465 e. The largest absolute Gasteiger partial charge is 0.465 e. The lowest BCUT2D eigenvalue weighted by Crippen LogP contribution is -2.45. The van der Waals surface area contributed by atoms with Crippen molar-refractivity contribution in [1.82, 2.24) is 35.6 Å². The van der Waals surface area contributed by atoms with Crippen molar-refractivity contribution in [3.8, 4) is 0 Å². The van der Waals surface area contributed by atoms with Gasteiger partial charge in [-0.2, -0.15) is 0 Å². The molecule has 0 aromatic rings. The second-order valence-corrected chi connectivity index (χ2v) is 46.8. The molecule has 17 nitrogen and oxygen atoms in total. The SMILES string of the molecule is CCCCCCCCCCCCCCCC(=O)CNCC(O)CN(CCCCCCCCCCCCCC)CCCCNCCCCCCCCCCCCCC.CCCCCCCCCCCCCCN(CCCCN(CCCCCCCCCCCCCC)CC(O)CN(CC(=O)OCCCCCCCCCCCC)CC(=O)OCCCCCCCCCCCC)CC(O)CNCC(=O)OCCCCCCCCCCCC. The number of carbonyl (C=O) groups is 4. The van der Waals surface area contributed by atoms with Crippen molar-refractivity contribution in [1.29, 1.82) is 0 Å². The topological polar surface area (TPSA) is 206 Å². The first-order valence-corrected chi connectivity index (χ1v) is 67.4. The Bertz CT molecular complexity index is 2520. The molecule has 0 bridgehead atoms. The van der Waals surface area contributed by atoms with Gasteiger partial charge in [-0.05, 0) is 129 Å². The highest BCUT2D eigenvalue weighted by atomic mass is 16.5. The van der Waals surface area contributed by atoms with Gasteiger partial charge in [-0.3, -0.25) is 24.1 Å². The second-order valence-electron chi connectivity index (χ2n) is 46.8. The van der Waals surface area contributed by atoms with Gasteiger partial charge in [0.05, 0.1) is 64.3 Å². The van der Waals surface area contributed by atoms with E-state index in [0.29, 0.717) is 71.3 Å². The monoisotopic (exact) mass is 2110 g/mol. The summed E-state index contributed by atoms with van der Waals surface area (Å²) in [6.45, 7) is 30.6. The Labute approximate surface area is 930 Å². The summed E-state index contributed by atoms with van der Waals surface area (Å²) in [6, 6.07) is 0. The Morgan fingerprint density at radius 3 is 0.611 bits per heavy atom. The summed E-state index contributed by atoms with van der Waals surface area (Å²) in [5.41, 5.74) is 0. The van der Waals surface area contributed by atoms with Gasteiger partial charge in [0.15, 0.2) is 0 Å². The number of hydrogen-bond donors (Lipinski definition) is 6. The van der Waals surface area contributed by atoms with E-state index in [1.54, 1.807) is 4.90 Å². The Kier molecular flexibility index (Phi) is 129. The van der Waals surface area contributed by atoms with Crippen LogP contribution in [0.3, 0.4) is 0 Å². The summed E-state index contributed by atoms with van der Waals surface area (Å²) < 4.78 is 17.1. The molecule has 0 heterocycles. The molecule has 0 amide bonds. The summed E-state index contributed by atoms with van der Waals surface area (Å²) in [5, 5.41) is 44.4. The molecular formula is C132H267N7O10. The fourth-order valence-electron chi connectivity index (χ4n) is 21.4. The highest BCUT2D eigenvalue weighted by Gasteiger charge is 2.24. The van der Waals surface area contributed by atoms with Gasteiger partial charge < -0.3 is 60.2 Å². The van der Waals surface area contributed by atoms with E-state index in [9.17, 15) is 34.5 Å². The quantitative estimate of drug-likeness (QED) is 0.0190. The molecule has 0 fully saturated rings. The molecule has 0 spiro atoms. The molecule has 0 radical (unpaired) electrons. The molecular weight excluding hydrogens is 1840 g/mol. The Morgan fingerprint density at radius 2 is 0.362 bits per heavy atom. The molecule has 149 heavy (non-hydrogen) atoms. The normalized spacial score (nSPS) is 12.4. The molecule has 6 N–H and O–H groups in total. The van der Waals surface area contributed by atoms with Crippen LogP contribution in [0.1, 0.15) is 672 Å². The van der Waals surface area contributed by atoms with Crippen LogP contribution in [0.2, 0.25) is 0 Å². The van der Waals surface area contributed by atoms with Crippen LogP contribution in [-0.2, 0) is 33.4 Å². The third-order valence-electron chi connectivity index (χ3n) is 31.2. The van der Waals surface area contributed by atoms with E-state index in [0.717, 1.165) is 136 Å². The maximum atomic E-state index is 13.4. The number of Topliss-reactive ketones (excluding diaryl/α,β-unsaturated/α-hetero) is 1. The van der Waals surface area contributed by atoms with Gasteiger partial charge in [0.2, 0.25) is 0 Å². The molecule has 0 aromatic heterocycles. The number of aliphatic hydroxyl groups excluding tert-OH is 3. The number of ketones is 1. The van der Waals surface area contributed by atoms with E-state index in [1.807, 2.05) is 0 Å². The number of nitrogens with one attached hydrogen (secondary N) is 3. The van der Waals surface area contributed by atoms with Crippen molar-refractivity contribution in [2.24, 2.45) is 0 Å². The van der Waals surface area contributed by atoms with E-state index >= 15 is 0 Å². The van der Waals surface area contributed by atoms with Gasteiger partial charge in [0.1, 0.15) is 5.78 Å². The predicted molar refractivity (Wildman–Crippen MR) is 649 cm³/mol. The lowest BCUT2D eigenvalue weighted by Gasteiger charge is -2.29. The van der Waals surface area contributed by atoms with Crippen LogP contribution < -0.4 is 16.0 Å². The lowest BCUT2D eigenvalue weighted by molar-refractivity contribution is -0.149. The second kappa shape index (κ2) is 129. The average Bonchev–Trinajstić information content (AvgIpc) is 0.938. The average molecular weight is 2110 g/mol. The van der Waals surface area contributed by atoms with Gasteiger partial charge in [-0.1, -0.05) is 588 Å². The van der Waals surface area contributed by atoms with Crippen molar-refractivity contribution in [3.63, 3.8) is 0 Å². The lowest BCUT2D eigenvalue weighted by atomic mass is 10.0. The summed E-state index contributed by atoms with van der Waals surface area (Å²) in [6.07, 6.45) is 122. The molecule has 0 saturated carbocycles. The van der Waals surface area contributed by atoms with Crippen LogP contribution in [0.25, 0.3) is 0 Å². The number of ether oxygens (including phenoxy) is 3. The van der Waals surface area contributed by atoms with Crippen molar-refractivity contribution < 1.29 is 48.7 Å². The molecule has 0 rings (SSSR count). The Morgan fingerprint density at radius 1 is 0.188 bits per heavy atom. The Balaban J connectivity index is 0. The third kappa shape index (κ3) is 124.